The van der Waals surface area contributed by atoms with Crippen molar-refractivity contribution in [1.82, 2.24) is 0 Å². The number of hydrogen-bond acceptors (Lipinski definition) is 4. The topological polar surface area (TPSA) is 89.7 Å². The summed E-state index contributed by atoms with van der Waals surface area (Å²) in [4.78, 5) is 21.4. The van der Waals surface area contributed by atoms with Crippen LogP contribution < -0.4 is 4.74 Å². The Kier molecular flexibility index (Phi) is 5.07. The van der Waals surface area contributed by atoms with Crippen LogP contribution in [0, 0.1) is 23.0 Å². The van der Waals surface area contributed by atoms with Crippen LogP contribution in [0.3, 0.4) is 0 Å². The highest BCUT2D eigenvalue weighted by Gasteiger charge is 2.21. The first-order chi connectivity index (χ1) is 9.22. The molecule has 1 aromatic rings. The maximum atomic E-state index is 11.0. The van der Waals surface area contributed by atoms with Gasteiger partial charge in [0.15, 0.2) is 0 Å². The molecule has 0 aliphatic carbocycles. The SMILES string of the molecule is Cc1c(OC(C)CC(C)C)cc(C(=O)O)cc1[N+](=O)[O-]. The van der Waals surface area contributed by atoms with Crippen LogP contribution >= 0.6 is 0 Å². The van der Waals surface area contributed by atoms with Gasteiger partial charge in [-0.15, -0.1) is 0 Å². The summed E-state index contributed by atoms with van der Waals surface area (Å²) in [5, 5.41) is 20.0. The van der Waals surface area contributed by atoms with Gasteiger partial charge in [-0.05, 0) is 32.3 Å². The highest BCUT2D eigenvalue weighted by molar-refractivity contribution is 5.89. The van der Waals surface area contributed by atoms with E-state index in [0.717, 1.165) is 12.5 Å². The van der Waals surface area contributed by atoms with E-state index < -0.39 is 10.9 Å². The van der Waals surface area contributed by atoms with Gasteiger partial charge in [-0.3, -0.25) is 10.1 Å². The molecule has 1 atom stereocenters. The van der Waals surface area contributed by atoms with E-state index in [9.17, 15) is 14.9 Å². The molecule has 0 amide bonds. The molecule has 1 N–H and O–H groups in total. The summed E-state index contributed by atoms with van der Waals surface area (Å²) in [5.41, 5.74) is -0.0405. The van der Waals surface area contributed by atoms with Crippen molar-refractivity contribution in [3.63, 3.8) is 0 Å². The van der Waals surface area contributed by atoms with Gasteiger partial charge in [-0.25, -0.2) is 4.79 Å². The third-order valence-electron chi connectivity index (χ3n) is 2.91. The third-order valence-corrected chi connectivity index (χ3v) is 2.91. The van der Waals surface area contributed by atoms with Gasteiger partial charge < -0.3 is 9.84 Å². The van der Waals surface area contributed by atoms with E-state index in [1.54, 1.807) is 6.92 Å². The second-order valence-corrected chi connectivity index (χ2v) is 5.24. The fraction of sp³-hybridized carbons (Fsp3) is 0.500. The Labute approximate surface area is 117 Å². The average molecular weight is 281 g/mol. The minimum absolute atomic E-state index is 0.141. The van der Waals surface area contributed by atoms with Crippen LogP contribution in [0.4, 0.5) is 5.69 Å². The fourth-order valence-electron chi connectivity index (χ4n) is 2.04. The molecular weight excluding hydrogens is 262 g/mol. The molecular formula is C14H19NO5. The predicted molar refractivity (Wildman–Crippen MR) is 74.3 cm³/mol. The molecule has 6 heteroatoms. The number of carbonyl (C=O) groups is 1. The molecule has 1 aromatic carbocycles. The highest BCUT2D eigenvalue weighted by Crippen LogP contribution is 2.31. The van der Waals surface area contributed by atoms with Crippen LogP contribution in [0.25, 0.3) is 0 Å². The quantitative estimate of drug-likeness (QED) is 0.637. The Hall–Kier alpha value is -2.11. The number of aromatic carboxylic acids is 1. The molecule has 0 saturated heterocycles. The van der Waals surface area contributed by atoms with Gasteiger partial charge in [0.2, 0.25) is 0 Å². The molecule has 0 bridgehead atoms. The van der Waals surface area contributed by atoms with E-state index in [4.69, 9.17) is 9.84 Å². The van der Waals surface area contributed by atoms with E-state index in [1.165, 1.54) is 6.07 Å². The molecule has 110 valence electrons. The summed E-state index contributed by atoms with van der Waals surface area (Å²) < 4.78 is 5.67. The molecule has 0 aromatic heterocycles. The lowest BCUT2D eigenvalue weighted by molar-refractivity contribution is -0.385. The molecule has 20 heavy (non-hydrogen) atoms. The number of carboxylic acid groups (broad SMARTS) is 1. The van der Waals surface area contributed by atoms with Gasteiger partial charge in [0, 0.05) is 6.07 Å². The van der Waals surface area contributed by atoms with Crippen LogP contribution in [-0.4, -0.2) is 22.1 Å². The Bertz CT molecular complexity index is 525. The second-order valence-electron chi connectivity index (χ2n) is 5.24. The molecule has 0 saturated carbocycles. The number of carboxylic acids is 1. The van der Waals surface area contributed by atoms with Crippen molar-refractivity contribution in [3.8, 4) is 5.75 Å². The summed E-state index contributed by atoms with van der Waals surface area (Å²) in [7, 11) is 0. The molecule has 0 aliphatic heterocycles. The van der Waals surface area contributed by atoms with Crippen molar-refractivity contribution in [2.24, 2.45) is 5.92 Å². The Balaban J connectivity index is 3.17. The fourth-order valence-corrected chi connectivity index (χ4v) is 2.04. The van der Waals surface area contributed by atoms with Crippen molar-refractivity contribution >= 4 is 11.7 Å². The first-order valence-electron chi connectivity index (χ1n) is 6.41. The number of benzene rings is 1. The number of hydrogen-bond donors (Lipinski definition) is 1. The van der Waals surface area contributed by atoms with Gasteiger partial charge in [0.05, 0.1) is 22.2 Å². The van der Waals surface area contributed by atoms with Gasteiger partial charge in [-0.1, -0.05) is 13.8 Å². The lowest BCUT2D eigenvalue weighted by Crippen LogP contribution is -2.16. The number of nitro benzene ring substituents is 1. The first-order valence-corrected chi connectivity index (χ1v) is 6.41. The number of nitrogens with zero attached hydrogens (tertiary/aromatic N) is 1. The highest BCUT2D eigenvalue weighted by atomic mass is 16.6. The van der Waals surface area contributed by atoms with Crippen LogP contribution in [-0.2, 0) is 0 Å². The monoisotopic (exact) mass is 281 g/mol. The lowest BCUT2D eigenvalue weighted by Gasteiger charge is -2.18. The minimum atomic E-state index is -1.21. The molecule has 0 heterocycles. The van der Waals surface area contributed by atoms with Gasteiger partial charge in [-0.2, -0.15) is 0 Å². The minimum Gasteiger partial charge on any atom is -0.490 e. The van der Waals surface area contributed by atoms with Crippen LogP contribution in [0.5, 0.6) is 5.75 Å². The summed E-state index contributed by atoms with van der Waals surface area (Å²) in [6, 6.07) is 2.39. The maximum Gasteiger partial charge on any atom is 0.336 e. The Morgan fingerprint density at radius 1 is 1.40 bits per heavy atom. The molecule has 1 rings (SSSR count). The van der Waals surface area contributed by atoms with Crippen LogP contribution in [0.2, 0.25) is 0 Å². The van der Waals surface area contributed by atoms with E-state index in [1.807, 2.05) is 20.8 Å². The summed E-state index contributed by atoms with van der Waals surface area (Å²) in [6.45, 7) is 7.51. The predicted octanol–water partition coefficient (Wildman–Crippen LogP) is 3.41. The van der Waals surface area contributed by atoms with Crippen molar-refractivity contribution in [2.75, 3.05) is 0 Å². The molecule has 1 unspecified atom stereocenters. The van der Waals surface area contributed by atoms with E-state index in [-0.39, 0.29) is 23.1 Å². The molecule has 0 fully saturated rings. The van der Waals surface area contributed by atoms with Crippen molar-refractivity contribution in [3.05, 3.63) is 33.4 Å². The summed E-state index contributed by atoms with van der Waals surface area (Å²) in [5.74, 6) is -0.540. The smallest absolute Gasteiger partial charge is 0.336 e. The largest absolute Gasteiger partial charge is 0.490 e. The maximum absolute atomic E-state index is 11.0. The number of ether oxygens (including phenoxy) is 1. The zero-order valence-electron chi connectivity index (χ0n) is 12.0. The summed E-state index contributed by atoms with van der Waals surface area (Å²) >= 11 is 0. The van der Waals surface area contributed by atoms with Gasteiger partial charge in [0.25, 0.3) is 5.69 Å². The van der Waals surface area contributed by atoms with E-state index in [0.29, 0.717) is 11.5 Å². The molecule has 0 radical (unpaired) electrons. The third kappa shape index (κ3) is 3.94. The first kappa shape index (κ1) is 15.9. The molecule has 6 nitrogen and oxygen atoms in total. The van der Waals surface area contributed by atoms with E-state index >= 15 is 0 Å². The van der Waals surface area contributed by atoms with Gasteiger partial charge in [0.1, 0.15) is 5.75 Å². The number of nitro groups is 1. The summed E-state index contributed by atoms with van der Waals surface area (Å²) in [6.07, 6.45) is 0.641. The van der Waals surface area contributed by atoms with Crippen molar-refractivity contribution in [2.45, 2.75) is 40.2 Å². The van der Waals surface area contributed by atoms with Gasteiger partial charge >= 0.3 is 5.97 Å². The Morgan fingerprint density at radius 3 is 2.45 bits per heavy atom. The second kappa shape index (κ2) is 6.36. The normalized spacial score (nSPS) is 12.2. The van der Waals surface area contributed by atoms with E-state index in [2.05, 4.69) is 0 Å². The zero-order valence-corrected chi connectivity index (χ0v) is 12.0. The average Bonchev–Trinajstić information content (AvgIpc) is 2.29. The lowest BCUT2D eigenvalue weighted by atomic mass is 10.1. The van der Waals surface area contributed by atoms with Crippen LogP contribution in [0.15, 0.2) is 12.1 Å². The van der Waals surface area contributed by atoms with Crippen molar-refractivity contribution < 1.29 is 19.6 Å². The van der Waals surface area contributed by atoms with Crippen LogP contribution in [0.1, 0.15) is 43.1 Å². The standard InChI is InChI=1S/C14H19NO5/c1-8(2)5-9(3)20-13-7-11(14(16)17)6-12(10(13)4)15(18)19/h6-9H,5H2,1-4H3,(H,16,17). The van der Waals surface area contributed by atoms with Crippen molar-refractivity contribution in [1.29, 1.82) is 0 Å². The zero-order chi connectivity index (χ0) is 15.4. The molecule has 0 spiro atoms. The Morgan fingerprint density at radius 2 is 2.00 bits per heavy atom. The number of rotatable bonds is 6. The molecule has 0 aliphatic rings.